The molecule has 2 heterocycles. The number of carbonyl (C=O) groups is 4. The van der Waals surface area contributed by atoms with Crippen LogP contribution in [0.5, 0.6) is 5.75 Å². The van der Waals surface area contributed by atoms with E-state index >= 15 is 0 Å². The number of amides is 4. The summed E-state index contributed by atoms with van der Waals surface area (Å²) in [5, 5.41) is 17.6. The molecule has 4 N–H and O–H groups in total. The minimum Gasteiger partial charge on any atom is -0.496 e. The van der Waals surface area contributed by atoms with Crippen molar-refractivity contribution in [1.82, 2.24) is 15.6 Å². The highest BCUT2D eigenvalue weighted by atomic mass is 16.5. The molecule has 11 nitrogen and oxygen atoms in total. The summed E-state index contributed by atoms with van der Waals surface area (Å²) in [5.41, 5.74) is 2.40. The molecule has 1 aliphatic heterocycles. The number of anilines is 2. The molecule has 0 aliphatic carbocycles. The van der Waals surface area contributed by atoms with Crippen LogP contribution >= 0.6 is 0 Å². The molecule has 202 valence electrons. The lowest BCUT2D eigenvalue weighted by atomic mass is 10.0. The van der Waals surface area contributed by atoms with Crippen LogP contribution in [0.2, 0.25) is 0 Å². The summed E-state index contributed by atoms with van der Waals surface area (Å²) in [7, 11) is 1.56. The van der Waals surface area contributed by atoms with Gasteiger partial charge in [-0.15, -0.1) is 0 Å². The van der Waals surface area contributed by atoms with Crippen molar-refractivity contribution in [3.63, 3.8) is 0 Å². The van der Waals surface area contributed by atoms with Gasteiger partial charge in [-0.05, 0) is 35.9 Å². The SMILES string of the molecule is COc1ccccc1CNC(=O)Nc1cccc(N2CC(C(=O)NC(CC(=O)O)c3cccnc3)CC2=O)c1. The maximum Gasteiger partial charge on any atom is 0.319 e. The molecule has 1 aliphatic rings. The van der Waals surface area contributed by atoms with Crippen LogP contribution in [0.25, 0.3) is 0 Å². The molecule has 4 rings (SSSR count). The maximum absolute atomic E-state index is 13.0. The van der Waals surface area contributed by atoms with Crippen LogP contribution < -0.4 is 25.6 Å². The molecule has 0 saturated carbocycles. The third-order valence-corrected chi connectivity index (χ3v) is 6.33. The predicted molar refractivity (Wildman–Crippen MR) is 143 cm³/mol. The normalized spacial score (nSPS) is 15.4. The van der Waals surface area contributed by atoms with Gasteiger partial charge >= 0.3 is 12.0 Å². The quantitative estimate of drug-likeness (QED) is 0.314. The Bertz CT molecular complexity index is 1350. The highest BCUT2D eigenvalue weighted by Gasteiger charge is 2.36. The number of nitrogens with one attached hydrogen (secondary N) is 3. The summed E-state index contributed by atoms with van der Waals surface area (Å²) in [6.07, 6.45) is 2.74. The number of rotatable bonds is 10. The Morgan fingerprint density at radius 1 is 1.13 bits per heavy atom. The largest absolute Gasteiger partial charge is 0.496 e. The summed E-state index contributed by atoms with van der Waals surface area (Å²) >= 11 is 0. The van der Waals surface area contributed by atoms with Gasteiger partial charge < -0.3 is 30.7 Å². The van der Waals surface area contributed by atoms with Crippen molar-refractivity contribution < 1.29 is 29.0 Å². The van der Waals surface area contributed by atoms with E-state index in [-0.39, 0.29) is 31.8 Å². The second-order valence-corrected chi connectivity index (χ2v) is 9.02. The summed E-state index contributed by atoms with van der Waals surface area (Å²) in [4.78, 5) is 55.1. The first-order chi connectivity index (χ1) is 18.8. The second kappa shape index (κ2) is 12.5. The second-order valence-electron chi connectivity index (χ2n) is 9.02. The molecule has 0 radical (unpaired) electrons. The van der Waals surface area contributed by atoms with E-state index in [1.807, 2.05) is 24.3 Å². The molecular formula is C28H29N5O6. The van der Waals surface area contributed by atoms with Gasteiger partial charge in [0.1, 0.15) is 5.75 Å². The van der Waals surface area contributed by atoms with Gasteiger partial charge in [-0.25, -0.2) is 4.79 Å². The smallest absolute Gasteiger partial charge is 0.319 e. The van der Waals surface area contributed by atoms with Crippen LogP contribution in [0, 0.1) is 5.92 Å². The Labute approximate surface area is 225 Å². The topological polar surface area (TPSA) is 150 Å². The third-order valence-electron chi connectivity index (χ3n) is 6.33. The lowest BCUT2D eigenvalue weighted by Crippen LogP contribution is -2.36. The standard InChI is InChI=1S/C28H29N5O6/c1-39-24-10-3-2-6-19(24)16-30-28(38)31-21-8-4-9-22(13-21)33-17-20(12-25(33)34)27(37)32-23(14-26(35)36)18-7-5-11-29-15-18/h2-11,13,15,20,23H,12,14,16-17H2,1H3,(H,32,37)(H,35,36)(H2,30,31,38). The zero-order valence-corrected chi connectivity index (χ0v) is 21.3. The van der Waals surface area contributed by atoms with Crippen molar-refractivity contribution in [3.8, 4) is 5.75 Å². The molecule has 2 aromatic carbocycles. The fraction of sp³-hybridized carbons (Fsp3) is 0.250. The minimum absolute atomic E-state index is 0.0181. The Morgan fingerprint density at radius 3 is 2.69 bits per heavy atom. The molecule has 0 spiro atoms. The fourth-order valence-corrected chi connectivity index (χ4v) is 4.38. The average Bonchev–Trinajstić information content (AvgIpc) is 3.33. The van der Waals surface area contributed by atoms with Crippen LogP contribution in [0.4, 0.5) is 16.2 Å². The zero-order chi connectivity index (χ0) is 27.8. The average molecular weight is 532 g/mol. The number of pyridine rings is 1. The molecule has 1 aromatic heterocycles. The predicted octanol–water partition coefficient (Wildman–Crippen LogP) is 3.10. The molecule has 1 fully saturated rings. The van der Waals surface area contributed by atoms with Gasteiger partial charge in [0.25, 0.3) is 0 Å². The molecule has 11 heteroatoms. The van der Waals surface area contributed by atoms with E-state index in [2.05, 4.69) is 20.9 Å². The molecule has 39 heavy (non-hydrogen) atoms. The van der Waals surface area contributed by atoms with E-state index in [1.165, 1.54) is 11.1 Å². The number of hydrogen-bond acceptors (Lipinski definition) is 6. The summed E-state index contributed by atoms with van der Waals surface area (Å²) < 4.78 is 5.30. The van der Waals surface area contributed by atoms with Gasteiger partial charge in [-0.1, -0.05) is 30.3 Å². The van der Waals surface area contributed by atoms with Crippen molar-refractivity contribution in [2.24, 2.45) is 5.92 Å². The highest BCUT2D eigenvalue weighted by molar-refractivity contribution is 6.01. The minimum atomic E-state index is -1.07. The number of carboxylic acids is 1. The van der Waals surface area contributed by atoms with Crippen LogP contribution in [0.1, 0.15) is 30.0 Å². The molecule has 2 unspecified atom stereocenters. The van der Waals surface area contributed by atoms with Crippen molar-refractivity contribution in [3.05, 3.63) is 84.2 Å². The Balaban J connectivity index is 1.37. The van der Waals surface area contributed by atoms with Gasteiger partial charge in [0.15, 0.2) is 0 Å². The van der Waals surface area contributed by atoms with E-state index in [1.54, 1.807) is 49.7 Å². The number of aliphatic carboxylic acids is 1. The first-order valence-electron chi connectivity index (χ1n) is 12.3. The van der Waals surface area contributed by atoms with E-state index in [0.29, 0.717) is 22.7 Å². The zero-order valence-electron chi connectivity index (χ0n) is 21.3. The van der Waals surface area contributed by atoms with Crippen molar-refractivity contribution in [2.75, 3.05) is 23.9 Å². The number of ether oxygens (including phenoxy) is 1. The number of para-hydroxylation sites is 1. The van der Waals surface area contributed by atoms with Gasteiger partial charge in [0.2, 0.25) is 11.8 Å². The summed E-state index contributed by atoms with van der Waals surface area (Å²) in [5.74, 6) is -1.72. The van der Waals surface area contributed by atoms with Crippen molar-refractivity contribution in [1.29, 1.82) is 0 Å². The van der Waals surface area contributed by atoms with Gasteiger partial charge in [0, 0.05) is 48.8 Å². The fourth-order valence-electron chi connectivity index (χ4n) is 4.38. The summed E-state index contributed by atoms with van der Waals surface area (Å²) in [6, 6.07) is 16.3. The molecule has 1 saturated heterocycles. The third kappa shape index (κ3) is 7.10. The van der Waals surface area contributed by atoms with Gasteiger partial charge in [-0.3, -0.25) is 19.4 Å². The lowest BCUT2D eigenvalue weighted by Gasteiger charge is -2.20. The highest BCUT2D eigenvalue weighted by Crippen LogP contribution is 2.28. The van der Waals surface area contributed by atoms with Gasteiger partial charge in [0.05, 0.1) is 25.5 Å². The summed E-state index contributed by atoms with van der Waals surface area (Å²) in [6.45, 7) is 0.389. The van der Waals surface area contributed by atoms with E-state index in [0.717, 1.165) is 5.56 Å². The number of urea groups is 1. The van der Waals surface area contributed by atoms with Crippen LogP contribution in [-0.2, 0) is 20.9 Å². The monoisotopic (exact) mass is 531 g/mol. The van der Waals surface area contributed by atoms with Crippen LogP contribution in [0.3, 0.4) is 0 Å². The number of carboxylic acid groups (broad SMARTS) is 1. The molecule has 4 amide bonds. The first kappa shape index (κ1) is 27.1. The Morgan fingerprint density at radius 2 is 1.95 bits per heavy atom. The van der Waals surface area contributed by atoms with Crippen molar-refractivity contribution >= 4 is 35.2 Å². The van der Waals surface area contributed by atoms with E-state index in [4.69, 9.17) is 4.74 Å². The number of hydrogen-bond donors (Lipinski definition) is 4. The number of nitrogens with zero attached hydrogens (tertiary/aromatic N) is 2. The number of benzene rings is 2. The molecule has 0 bridgehead atoms. The molecular weight excluding hydrogens is 502 g/mol. The first-order valence-corrected chi connectivity index (χ1v) is 12.3. The van der Waals surface area contributed by atoms with Gasteiger partial charge in [-0.2, -0.15) is 0 Å². The number of carbonyl (C=O) groups excluding carboxylic acids is 3. The molecule has 2 atom stereocenters. The van der Waals surface area contributed by atoms with E-state index in [9.17, 15) is 24.3 Å². The number of methoxy groups -OCH3 is 1. The van der Waals surface area contributed by atoms with Crippen LogP contribution in [0.15, 0.2) is 73.1 Å². The number of aromatic nitrogens is 1. The maximum atomic E-state index is 13.0. The molecule has 3 aromatic rings. The van der Waals surface area contributed by atoms with Crippen LogP contribution in [-0.4, -0.2) is 47.6 Å². The van der Waals surface area contributed by atoms with E-state index < -0.39 is 29.9 Å². The van der Waals surface area contributed by atoms with Crippen molar-refractivity contribution in [2.45, 2.75) is 25.4 Å². The Hall–Kier alpha value is -4.93. The Kier molecular flexibility index (Phi) is 8.72. The lowest BCUT2D eigenvalue weighted by molar-refractivity contribution is -0.138.